The average molecular weight is 395 g/mol. The number of rotatable bonds is 5. The van der Waals surface area contributed by atoms with Crippen LogP contribution in [0.4, 0.5) is 4.79 Å². The molecule has 1 saturated carbocycles. The number of hydrogen-bond acceptors (Lipinski definition) is 6. The van der Waals surface area contributed by atoms with Gasteiger partial charge in [-0.15, -0.1) is 23.5 Å². The lowest BCUT2D eigenvalue weighted by Gasteiger charge is -2.12. The lowest BCUT2D eigenvalue weighted by molar-refractivity contribution is -0.123. The number of amides is 3. The first-order valence-corrected chi connectivity index (χ1v) is 10.8. The minimum atomic E-state index is -0.635. The van der Waals surface area contributed by atoms with Crippen molar-refractivity contribution in [3.05, 3.63) is 35.4 Å². The second-order valence-corrected chi connectivity index (χ2v) is 9.00. The maximum atomic E-state index is 12.0. The van der Waals surface area contributed by atoms with E-state index in [0.29, 0.717) is 10.1 Å². The summed E-state index contributed by atoms with van der Waals surface area (Å²) in [5.41, 5.74) is 1.57. The molecule has 3 amide bonds. The molecule has 1 heterocycles. The van der Waals surface area contributed by atoms with Crippen molar-refractivity contribution in [2.24, 2.45) is 0 Å². The first-order valence-electron chi connectivity index (χ1n) is 8.72. The molecule has 6 nitrogen and oxygen atoms in total. The number of esters is 1. The van der Waals surface area contributed by atoms with Gasteiger partial charge in [-0.05, 0) is 30.5 Å². The summed E-state index contributed by atoms with van der Waals surface area (Å²) in [6, 6.07) is 6.85. The highest BCUT2D eigenvalue weighted by atomic mass is 32.2. The predicted octanol–water partition coefficient (Wildman–Crippen LogP) is 3.09. The van der Waals surface area contributed by atoms with E-state index in [1.807, 2.05) is 35.7 Å². The quantitative estimate of drug-likeness (QED) is 0.747. The maximum Gasteiger partial charge on any atom is 0.338 e. The van der Waals surface area contributed by atoms with Crippen molar-refractivity contribution in [1.29, 1.82) is 0 Å². The topological polar surface area (TPSA) is 84.5 Å². The molecule has 1 aromatic carbocycles. The van der Waals surface area contributed by atoms with Gasteiger partial charge in [0.05, 0.1) is 10.1 Å². The zero-order valence-corrected chi connectivity index (χ0v) is 16.0. The van der Waals surface area contributed by atoms with Crippen LogP contribution in [0, 0.1) is 0 Å². The van der Waals surface area contributed by atoms with Crippen LogP contribution < -0.4 is 10.6 Å². The molecule has 2 aliphatic rings. The number of carbonyl (C=O) groups excluding carboxylic acids is 3. The molecule has 2 N–H and O–H groups in total. The summed E-state index contributed by atoms with van der Waals surface area (Å²) in [6.45, 7) is -0.479. The summed E-state index contributed by atoms with van der Waals surface area (Å²) in [5.74, 6) is 1.07. The molecule has 1 aliphatic heterocycles. The number of ether oxygens (including phenoxy) is 1. The van der Waals surface area contributed by atoms with Crippen LogP contribution >= 0.6 is 23.5 Å². The van der Waals surface area contributed by atoms with Crippen molar-refractivity contribution in [3.8, 4) is 0 Å². The Morgan fingerprint density at radius 3 is 2.35 bits per heavy atom. The van der Waals surface area contributed by atoms with Crippen molar-refractivity contribution in [3.63, 3.8) is 0 Å². The van der Waals surface area contributed by atoms with E-state index < -0.39 is 24.5 Å². The Balaban J connectivity index is 1.41. The number of nitrogens with one attached hydrogen (secondary N) is 2. The molecule has 0 atom stereocenters. The van der Waals surface area contributed by atoms with E-state index >= 15 is 0 Å². The SMILES string of the molecule is O=C(COC(=O)c1ccc(C2SCCS2)cc1)NC(=O)NC1CCCC1. The van der Waals surface area contributed by atoms with Crippen molar-refractivity contribution in [1.82, 2.24) is 10.6 Å². The standard InChI is InChI=1S/C18H22N2O4S2/c21-15(20-18(23)19-14-3-1-2-4-14)11-24-16(22)12-5-7-13(8-6-12)17-25-9-10-26-17/h5-8,14,17H,1-4,9-11H2,(H2,19,20,21,23). The summed E-state index contributed by atoms with van der Waals surface area (Å²) < 4.78 is 5.41. The Bertz CT molecular complexity index is 654. The van der Waals surface area contributed by atoms with Crippen molar-refractivity contribution in [2.45, 2.75) is 36.3 Å². The Hall–Kier alpha value is -1.67. The number of imide groups is 1. The fourth-order valence-electron chi connectivity index (χ4n) is 3.00. The van der Waals surface area contributed by atoms with Gasteiger partial charge in [0.25, 0.3) is 5.91 Å². The van der Waals surface area contributed by atoms with Gasteiger partial charge in [0, 0.05) is 17.5 Å². The van der Waals surface area contributed by atoms with Gasteiger partial charge in [-0.25, -0.2) is 9.59 Å². The minimum Gasteiger partial charge on any atom is -0.452 e. The van der Waals surface area contributed by atoms with E-state index in [4.69, 9.17) is 4.74 Å². The van der Waals surface area contributed by atoms with E-state index in [-0.39, 0.29) is 6.04 Å². The van der Waals surface area contributed by atoms with Crippen LogP contribution in [-0.2, 0) is 9.53 Å². The molecule has 2 fully saturated rings. The Morgan fingerprint density at radius 1 is 1.04 bits per heavy atom. The highest BCUT2D eigenvalue weighted by Crippen LogP contribution is 2.45. The van der Waals surface area contributed by atoms with Gasteiger partial charge in [0.2, 0.25) is 0 Å². The lowest BCUT2D eigenvalue weighted by atomic mass is 10.1. The predicted molar refractivity (Wildman–Crippen MR) is 103 cm³/mol. The second-order valence-electron chi connectivity index (χ2n) is 6.27. The number of benzene rings is 1. The van der Waals surface area contributed by atoms with Crippen molar-refractivity contribution < 1.29 is 19.1 Å². The largest absolute Gasteiger partial charge is 0.452 e. The van der Waals surface area contributed by atoms with Crippen LogP contribution in [0.3, 0.4) is 0 Å². The summed E-state index contributed by atoms with van der Waals surface area (Å²) in [6.07, 6.45) is 4.05. The molecule has 26 heavy (non-hydrogen) atoms. The van der Waals surface area contributed by atoms with Gasteiger partial charge < -0.3 is 10.1 Å². The molecule has 8 heteroatoms. The summed E-state index contributed by atoms with van der Waals surface area (Å²) in [4.78, 5) is 35.5. The fourth-order valence-corrected chi connectivity index (χ4v) is 5.86. The minimum absolute atomic E-state index is 0.125. The van der Waals surface area contributed by atoms with Crippen LogP contribution in [0.25, 0.3) is 0 Å². The zero-order valence-electron chi connectivity index (χ0n) is 14.4. The Labute approximate surface area is 161 Å². The van der Waals surface area contributed by atoms with Crippen LogP contribution in [0.2, 0.25) is 0 Å². The molecule has 1 aliphatic carbocycles. The highest BCUT2D eigenvalue weighted by molar-refractivity contribution is 8.19. The molecular formula is C18H22N2O4S2. The van der Waals surface area contributed by atoms with Crippen LogP contribution in [0.5, 0.6) is 0 Å². The molecule has 1 aromatic rings. The lowest BCUT2D eigenvalue weighted by Crippen LogP contribution is -2.44. The van der Waals surface area contributed by atoms with E-state index in [9.17, 15) is 14.4 Å². The summed E-state index contributed by atoms with van der Waals surface area (Å²) in [5, 5.41) is 4.93. The molecule has 1 saturated heterocycles. The first-order chi connectivity index (χ1) is 12.6. The third kappa shape index (κ3) is 5.41. The van der Waals surface area contributed by atoms with E-state index in [1.54, 1.807) is 12.1 Å². The molecule has 3 rings (SSSR count). The normalized spacial score (nSPS) is 17.8. The Kier molecular flexibility index (Phi) is 6.85. The monoisotopic (exact) mass is 394 g/mol. The zero-order chi connectivity index (χ0) is 18.4. The van der Waals surface area contributed by atoms with Gasteiger partial charge >= 0.3 is 12.0 Å². The fraction of sp³-hybridized carbons (Fsp3) is 0.500. The number of carbonyl (C=O) groups is 3. The molecule has 0 bridgehead atoms. The van der Waals surface area contributed by atoms with E-state index in [2.05, 4.69) is 10.6 Å². The maximum absolute atomic E-state index is 12.0. The first kappa shape index (κ1) is 19.1. The molecule has 0 aromatic heterocycles. The van der Waals surface area contributed by atoms with Crippen LogP contribution in [0.1, 0.15) is 46.2 Å². The van der Waals surface area contributed by atoms with Gasteiger partial charge in [-0.3, -0.25) is 10.1 Å². The van der Waals surface area contributed by atoms with E-state index in [1.165, 1.54) is 5.56 Å². The molecule has 140 valence electrons. The number of hydrogen-bond donors (Lipinski definition) is 2. The van der Waals surface area contributed by atoms with Gasteiger partial charge in [0.1, 0.15) is 0 Å². The average Bonchev–Trinajstić information content (AvgIpc) is 3.33. The second kappa shape index (κ2) is 9.32. The molecule has 0 unspecified atom stereocenters. The molecule has 0 radical (unpaired) electrons. The van der Waals surface area contributed by atoms with Gasteiger partial charge in [-0.2, -0.15) is 0 Å². The van der Waals surface area contributed by atoms with Crippen LogP contribution in [0.15, 0.2) is 24.3 Å². The summed E-state index contributed by atoms with van der Waals surface area (Å²) in [7, 11) is 0. The van der Waals surface area contributed by atoms with Crippen LogP contribution in [-0.4, -0.2) is 42.1 Å². The summed E-state index contributed by atoms with van der Waals surface area (Å²) >= 11 is 3.79. The van der Waals surface area contributed by atoms with E-state index in [0.717, 1.165) is 37.2 Å². The smallest absolute Gasteiger partial charge is 0.338 e. The molecular weight excluding hydrogens is 372 g/mol. The number of urea groups is 1. The van der Waals surface area contributed by atoms with Gasteiger partial charge in [-0.1, -0.05) is 25.0 Å². The number of thioether (sulfide) groups is 2. The van der Waals surface area contributed by atoms with Crippen molar-refractivity contribution in [2.75, 3.05) is 18.1 Å². The van der Waals surface area contributed by atoms with Gasteiger partial charge in [0.15, 0.2) is 6.61 Å². The molecule has 0 spiro atoms. The third-order valence-electron chi connectivity index (χ3n) is 4.32. The third-order valence-corrected chi connectivity index (χ3v) is 7.42. The Morgan fingerprint density at radius 2 is 1.69 bits per heavy atom. The van der Waals surface area contributed by atoms with Crippen molar-refractivity contribution >= 4 is 41.4 Å². The highest BCUT2D eigenvalue weighted by Gasteiger charge is 2.20.